The van der Waals surface area contributed by atoms with E-state index in [4.69, 9.17) is 0 Å². The zero-order valence-electron chi connectivity index (χ0n) is 9.96. The van der Waals surface area contributed by atoms with Crippen LogP contribution in [0.25, 0.3) is 21.1 Å². The number of aromatic nitrogens is 2. The Morgan fingerprint density at radius 1 is 1.37 bits per heavy atom. The van der Waals surface area contributed by atoms with E-state index < -0.39 is 0 Å². The van der Waals surface area contributed by atoms with E-state index in [9.17, 15) is 4.79 Å². The molecule has 0 aromatic carbocycles. The fourth-order valence-corrected chi connectivity index (χ4v) is 3.39. The lowest BCUT2D eigenvalue weighted by Gasteiger charge is -2.09. The lowest BCUT2D eigenvalue weighted by atomic mass is 10.2. The predicted molar refractivity (Wildman–Crippen MR) is 78.5 cm³/mol. The number of anilines is 1. The van der Waals surface area contributed by atoms with Gasteiger partial charge in [-0.1, -0.05) is 0 Å². The number of aromatic amines is 1. The molecule has 0 saturated carbocycles. The van der Waals surface area contributed by atoms with Crippen LogP contribution < -0.4 is 10.5 Å². The Morgan fingerprint density at radius 3 is 3.16 bits per heavy atom. The van der Waals surface area contributed by atoms with Crippen molar-refractivity contribution in [1.82, 2.24) is 9.97 Å². The molecular formula is C13H10N4OS. The number of nitrogens with one attached hydrogen (secondary N) is 1. The molecule has 3 aromatic heterocycles. The first-order valence-corrected chi connectivity index (χ1v) is 6.82. The van der Waals surface area contributed by atoms with E-state index in [0.717, 1.165) is 33.6 Å². The minimum absolute atomic E-state index is 0.0754. The molecule has 4 rings (SSSR count). The van der Waals surface area contributed by atoms with Gasteiger partial charge in [-0.3, -0.25) is 9.79 Å². The Bertz CT molecular complexity index is 864. The smallest absolute Gasteiger partial charge is 0.267 e. The highest BCUT2D eigenvalue weighted by molar-refractivity contribution is 7.23. The molecule has 0 aliphatic carbocycles. The molecule has 6 heteroatoms. The van der Waals surface area contributed by atoms with Crippen LogP contribution in [-0.2, 0) is 0 Å². The van der Waals surface area contributed by atoms with Crippen molar-refractivity contribution in [1.29, 1.82) is 0 Å². The summed E-state index contributed by atoms with van der Waals surface area (Å²) >= 11 is 1.50. The van der Waals surface area contributed by atoms with Crippen molar-refractivity contribution in [3.05, 3.63) is 34.7 Å². The summed E-state index contributed by atoms with van der Waals surface area (Å²) in [5.74, 6) is 0. The Kier molecular flexibility index (Phi) is 2.19. The number of pyridine rings is 2. The molecule has 19 heavy (non-hydrogen) atoms. The molecular weight excluding hydrogens is 260 g/mol. The van der Waals surface area contributed by atoms with E-state index in [1.54, 1.807) is 6.20 Å². The van der Waals surface area contributed by atoms with Gasteiger partial charge in [-0.15, -0.1) is 11.3 Å². The van der Waals surface area contributed by atoms with Crippen molar-refractivity contribution in [3.8, 4) is 0 Å². The molecule has 0 spiro atoms. The monoisotopic (exact) mass is 270 g/mol. The summed E-state index contributed by atoms with van der Waals surface area (Å²) in [6.07, 6.45) is 3.52. The summed E-state index contributed by atoms with van der Waals surface area (Å²) in [5.41, 5.74) is 0.563. The minimum Gasteiger partial charge on any atom is -0.323 e. The summed E-state index contributed by atoms with van der Waals surface area (Å²) in [6.45, 7) is 1.69. The molecule has 0 bridgehead atoms. The van der Waals surface area contributed by atoms with E-state index in [0.29, 0.717) is 5.65 Å². The first kappa shape index (κ1) is 10.7. The van der Waals surface area contributed by atoms with Gasteiger partial charge in [-0.25, -0.2) is 4.98 Å². The maximum Gasteiger partial charge on any atom is 0.267 e. The van der Waals surface area contributed by atoms with Crippen LogP contribution in [0.3, 0.4) is 0 Å². The van der Waals surface area contributed by atoms with E-state index in [-0.39, 0.29) is 5.56 Å². The molecule has 1 N–H and O–H groups in total. The van der Waals surface area contributed by atoms with Gasteiger partial charge in [0.15, 0.2) is 0 Å². The van der Waals surface area contributed by atoms with Crippen molar-refractivity contribution in [3.63, 3.8) is 0 Å². The topological polar surface area (TPSA) is 61.4 Å². The van der Waals surface area contributed by atoms with E-state index in [2.05, 4.69) is 25.9 Å². The number of hydrogen-bond donors (Lipinski definition) is 1. The largest absolute Gasteiger partial charge is 0.323 e. The van der Waals surface area contributed by atoms with Crippen molar-refractivity contribution in [2.45, 2.75) is 0 Å². The summed E-state index contributed by atoms with van der Waals surface area (Å²) in [5, 5.41) is 3.00. The fourth-order valence-electron chi connectivity index (χ4n) is 2.32. The van der Waals surface area contributed by atoms with Crippen molar-refractivity contribution in [2.24, 2.45) is 4.99 Å². The summed E-state index contributed by atoms with van der Waals surface area (Å²) in [4.78, 5) is 25.4. The van der Waals surface area contributed by atoms with Gasteiger partial charge in [-0.05, 0) is 18.2 Å². The number of hydrogen-bond acceptors (Lipinski definition) is 5. The average molecular weight is 270 g/mol. The molecule has 94 valence electrons. The Morgan fingerprint density at radius 2 is 2.32 bits per heavy atom. The molecule has 1 aliphatic heterocycles. The highest BCUT2D eigenvalue weighted by atomic mass is 32.1. The van der Waals surface area contributed by atoms with Gasteiger partial charge < -0.3 is 9.88 Å². The molecule has 0 amide bonds. The number of fused-ring (bicyclic) bond motifs is 3. The van der Waals surface area contributed by atoms with Crippen LogP contribution in [-0.4, -0.2) is 29.4 Å². The third kappa shape index (κ3) is 1.57. The average Bonchev–Trinajstić information content (AvgIpc) is 3.08. The Hall–Kier alpha value is -2.21. The molecule has 4 heterocycles. The van der Waals surface area contributed by atoms with Crippen LogP contribution in [0.5, 0.6) is 0 Å². The van der Waals surface area contributed by atoms with E-state index in [1.165, 1.54) is 11.3 Å². The van der Waals surface area contributed by atoms with Crippen LogP contribution in [0.4, 0.5) is 5.00 Å². The zero-order chi connectivity index (χ0) is 12.8. The van der Waals surface area contributed by atoms with Crippen molar-refractivity contribution in [2.75, 3.05) is 18.0 Å². The molecule has 0 radical (unpaired) electrons. The zero-order valence-corrected chi connectivity index (χ0v) is 10.8. The van der Waals surface area contributed by atoms with Gasteiger partial charge in [0.2, 0.25) is 0 Å². The predicted octanol–water partition coefficient (Wildman–Crippen LogP) is 1.99. The molecule has 1 aliphatic rings. The number of aliphatic imine (C=N–C) groups is 1. The van der Waals surface area contributed by atoms with Gasteiger partial charge in [0.05, 0.1) is 17.9 Å². The van der Waals surface area contributed by atoms with Crippen LogP contribution in [0.2, 0.25) is 0 Å². The maximum absolute atomic E-state index is 12.1. The second-order valence-corrected chi connectivity index (χ2v) is 5.43. The maximum atomic E-state index is 12.1. The lowest BCUT2D eigenvalue weighted by molar-refractivity contribution is 1.03. The summed E-state index contributed by atoms with van der Waals surface area (Å²) in [6, 6.07) is 5.92. The number of thiophene rings is 1. The SMILES string of the molecule is O=c1[nH]c2ncccc2c2cc(N3C=NCC3)sc12. The van der Waals surface area contributed by atoms with E-state index in [1.807, 2.05) is 18.5 Å². The minimum atomic E-state index is -0.0754. The normalized spacial score (nSPS) is 14.8. The van der Waals surface area contributed by atoms with Crippen LogP contribution in [0.15, 0.2) is 34.2 Å². The van der Waals surface area contributed by atoms with Gasteiger partial charge in [-0.2, -0.15) is 0 Å². The highest BCUT2D eigenvalue weighted by Crippen LogP contribution is 2.33. The van der Waals surface area contributed by atoms with Gasteiger partial charge in [0, 0.05) is 23.5 Å². The number of rotatable bonds is 1. The van der Waals surface area contributed by atoms with Crippen LogP contribution in [0.1, 0.15) is 0 Å². The van der Waals surface area contributed by atoms with Crippen LogP contribution >= 0.6 is 11.3 Å². The van der Waals surface area contributed by atoms with Gasteiger partial charge in [0.25, 0.3) is 5.56 Å². The first-order valence-electron chi connectivity index (χ1n) is 6.00. The highest BCUT2D eigenvalue weighted by Gasteiger charge is 2.15. The van der Waals surface area contributed by atoms with Gasteiger partial charge >= 0.3 is 0 Å². The molecule has 0 saturated heterocycles. The second kappa shape index (κ2) is 3.89. The van der Waals surface area contributed by atoms with Crippen molar-refractivity contribution >= 4 is 43.8 Å². The molecule has 0 unspecified atom stereocenters. The second-order valence-electron chi connectivity index (χ2n) is 4.40. The van der Waals surface area contributed by atoms with Gasteiger partial charge in [0.1, 0.15) is 10.3 Å². The third-order valence-electron chi connectivity index (χ3n) is 3.23. The molecule has 0 atom stereocenters. The lowest BCUT2D eigenvalue weighted by Crippen LogP contribution is -2.16. The summed E-state index contributed by atoms with van der Waals surface area (Å²) in [7, 11) is 0. The van der Waals surface area contributed by atoms with Crippen molar-refractivity contribution < 1.29 is 0 Å². The quantitative estimate of drug-likeness (QED) is 0.735. The fraction of sp³-hybridized carbons (Fsp3) is 0.154. The Labute approximate surface area is 112 Å². The molecule has 3 aromatic rings. The van der Waals surface area contributed by atoms with E-state index >= 15 is 0 Å². The standard InChI is InChI=1S/C13H10N4OS/c18-13-11-9(8-2-1-3-15-12(8)16-13)6-10(19-11)17-5-4-14-7-17/h1-3,6-7H,4-5H2,(H,15,16,18). The molecule has 0 fully saturated rings. The Balaban J connectivity index is 2.06. The first-order chi connectivity index (χ1) is 9.33. The van der Waals surface area contributed by atoms with Crippen LogP contribution in [0, 0.1) is 0 Å². The number of H-pyrrole nitrogens is 1. The number of nitrogens with zero attached hydrogens (tertiary/aromatic N) is 3. The summed E-state index contributed by atoms with van der Waals surface area (Å²) < 4.78 is 0.746. The molecule has 5 nitrogen and oxygen atoms in total. The third-order valence-corrected chi connectivity index (χ3v) is 4.40.